The van der Waals surface area contributed by atoms with Crippen LogP contribution in [-0.2, 0) is 0 Å². The van der Waals surface area contributed by atoms with Gasteiger partial charge in [-0.25, -0.2) is 0 Å². The highest BCUT2D eigenvalue weighted by Gasteiger charge is 2.29. The Morgan fingerprint density at radius 2 is 1.71 bits per heavy atom. The number of hydrogen-bond donors (Lipinski definition) is 1. The number of likely N-dealkylation sites (tertiary alicyclic amines) is 1. The van der Waals surface area contributed by atoms with Crippen LogP contribution in [0.4, 0.5) is 0 Å². The van der Waals surface area contributed by atoms with Crippen molar-refractivity contribution >= 4 is 0 Å². The van der Waals surface area contributed by atoms with E-state index in [1.165, 1.54) is 38.9 Å². The van der Waals surface area contributed by atoms with Gasteiger partial charge in [0, 0.05) is 25.2 Å². The average molecular weight is 238 g/mol. The number of hydrogen-bond acceptors (Lipinski definition) is 2. The average Bonchev–Trinajstić information content (AvgIpc) is 3.07. The van der Waals surface area contributed by atoms with E-state index in [-0.39, 0.29) is 0 Å². The zero-order chi connectivity index (χ0) is 12.4. The third-order valence-electron chi connectivity index (χ3n) is 4.60. The van der Waals surface area contributed by atoms with Crippen molar-refractivity contribution in [2.45, 2.75) is 59.0 Å². The maximum Gasteiger partial charge on any atom is 0.0105 e. The molecule has 0 radical (unpaired) electrons. The molecular formula is C15H30N2. The lowest BCUT2D eigenvalue weighted by Gasteiger charge is -2.41. The Labute approximate surface area is 107 Å². The summed E-state index contributed by atoms with van der Waals surface area (Å²) in [7, 11) is 0. The molecule has 0 aromatic heterocycles. The van der Waals surface area contributed by atoms with Crippen LogP contribution in [0.3, 0.4) is 0 Å². The second kappa shape index (κ2) is 5.71. The van der Waals surface area contributed by atoms with Gasteiger partial charge in [-0.2, -0.15) is 0 Å². The Morgan fingerprint density at radius 1 is 1.12 bits per heavy atom. The molecule has 0 amide bonds. The van der Waals surface area contributed by atoms with E-state index in [1.54, 1.807) is 0 Å². The standard InChI is InChI=1S/C15H30N2/c1-11-7-12(2)10-17(9-11)14(4)13(3)8-16-15-5-6-15/h11-16H,5-10H2,1-4H3. The molecule has 4 atom stereocenters. The zero-order valence-corrected chi connectivity index (χ0v) is 12.1. The van der Waals surface area contributed by atoms with Crippen molar-refractivity contribution in [3.8, 4) is 0 Å². The summed E-state index contributed by atoms with van der Waals surface area (Å²) in [4.78, 5) is 2.72. The van der Waals surface area contributed by atoms with E-state index in [1.807, 2.05) is 0 Å². The first-order valence-electron chi connectivity index (χ1n) is 7.53. The van der Waals surface area contributed by atoms with Gasteiger partial charge in [0.05, 0.1) is 0 Å². The SMILES string of the molecule is CC1CC(C)CN(C(C)C(C)CNC2CC2)C1. The summed E-state index contributed by atoms with van der Waals surface area (Å²) in [6.45, 7) is 13.4. The van der Waals surface area contributed by atoms with Crippen LogP contribution in [0.2, 0.25) is 0 Å². The lowest BCUT2D eigenvalue weighted by molar-refractivity contribution is 0.0774. The van der Waals surface area contributed by atoms with Crippen molar-refractivity contribution in [1.29, 1.82) is 0 Å². The van der Waals surface area contributed by atoms with Crippen LogP contribution in [0.25, 0.3) is 0 Å². The van der Waals surface area contributed by atoms with Crippen molar-refractivity contribution in [2.24, 2.45) is 17.8 Å². The summed E-state index contributed by atoms with van der Waals surface area (Å²) in [5.74, 6) is 2.53. The first-order chi connectivity index (χ1) is 8.06. The molecule has 0 bridgehead atoms. The minimum Gasteiger partial charge on any atom is -0.314 e. The Morgan fingerprint density at radius 3 is 2.24 bits per heavy atom. The monoisotopic (exact) mass is 238 g/mol. The van der Waals surface area contributed by atoms with Crippen LogP contribution in [0.15, 0.2) is 0 Å². The third kappa shape index (κ3) is 3.96. The van der Waals surface area contributed by atoms with E-state index >= 15 is 0 Å². The van der Waals surface area contributed by atoms with Crippen LogP contribution in [-0.4, -0.2) is 36.6 Å². The van der Waals surface area contributed by atoms with Gasteiger partial charge in [0.1, 0.15) is 0 Å². The Kier molecular flexibility index (Phi) is 4.48. The molecule has 100 valence electrons. The fourth-order valence-electron chi connectivity index (χ4n) is 3.21. The van der Waals surface area contributed by atoms with Crippen molar-refractivity contribution < 1.29 is 0 Å². The van der Waals surface area contributed by atoms with E-state index in [2.05, 4.69) is 37.9 Å². The van der Waals surface area contributed by atoms with E-state index in [0.717, 1.165) is 29.8 Å². The van der Waals surface area contributed by atoms with Crippen molar-refractivity contribution in [1.82, 2.24) is 10.2 Å². The molecule has 1 aliphatic heterocycles. The number of piperidine rings is 1. The van der Waals surface area contributed by atoms with Crippen LogP contribution in [0, 0.1) is 17.8 Å². The van der Waals surface area contributed by atoms with E-state index < -0.39 is 0 Å². The number of nitrogens with zero attached hydrogens (tertiary/aromatic N) is 1. The number of rotatable bonds is 5. The Hall–Kier alpha value is -0.0800. The predicted molar refractivity (Wildman–Crippen MR) is 74.2 cm³/mol. The van der Waals surface area contributed by atoms with Crippen molar-refractivity contribution in [2.75, 3.05) is 19.6 Å². The first kappa shape index (κ1) is 13.4. The Balaban J connectivity index is 1.77. The van der Waals surface area contributed by atoms with Gasteiger partial charge in [-0.1, -0.05) is 20.8 Å². The normalized spacial score (nSPS) is 34.6. The summed E-state index contributed by atoms with van der Waals surface area (Å²) in [6, 6.07) is 1.58. The van der Waals surface area contributed by atoms with Gasteiger partial charge in [0.2, 0.25) is 0 Å². The maximum atomic E-state index is 3.67. The van der Waals surface area contributed by atoms with Gasteiger partial charge in [-0.3, -0.25) is 4.90 Å². The second-order valence-electron chi connectivity index (χ2n) is 6.80. The van der Waals surface area contributed by atoms with Crippen LogP contribution < -0.4 is 5.32 Å². The fraction of sp³-hybridized carbons (Fsp3) is 1.00. The van der Waals surface area contributed by atoms with Crippen molar-refractivity contribution in [3.05, 3.63) is 0 Å². The molecule has 1 N–H and O–H groups in total. The molecule has 1 aliphatic carbocycles. The highest BCUT2D eigenvalue weighted by atomic mass is 15.2. The largest absolute Gasteiger partial charge is 0.314 e. The minimum atomic E-state index is 0.728. The predicted octanol–water partition coefficient (Wildman–Crippen LogP) is 2.74. The van der Waals surface area contributed by atoms with Crippen LogP contribution in [0.5, 0.6) is 0 Å². The lowest BCUT2D eigenvalue weighted by Crippen LogP contribution is -2.48. The van der Waals surface area contributed by atoms with E-state index in [4.69, 9.17) is 0 Å². The molecule has 1 saturated carbocycles. The van der Waals surface area contributed by atoms with Gasteiger partial charge in [0.25, 0.3) is 0 Å². The topological polar surface area (TPSA) is 15.3 Å². The quantitative estimate of drug-likeness (QED) is 0.792. The molecule has 1 saturated heterocycles. The van der Waals surface area contributed by atoms with Crippen molar-refractivity contribution in [3.63, 3.8) is 0 Å². The highest BCUT2D eigenvalue weighted by Crippen LogP contribution is 2.25. The van der Waals surface area contributed by atoms with Gasteiger partial charge in [-0.15, -0.1) is 0 Å². The highest BCUT2D eigenvalue weighted by molar-refractivity contribution is 4.85. The zero-order valence-electron chi connectivity index (χ0n) is 12.1. The maximum absolute atomic E-state index is 3.67. The lowest BCUT2D eigenvalue weighted by atomic mass is 9.89. The molecule has 0 aromatic carbocycles. The number of nitrogens with one attached hydrogen (secondary N) is 1. The van der Waals surface area contributed by atoms with Gasteiger partial charge >= 0.3 is 0 Å². The van der Waals surface area contributed by atoms with Gasteiger partial charge in [0.15, 0.2) is 0 Å². The summed E-state index contributed by atoms with van der Waals surface area (Å²) >= 11 is 0. The molecule has 2 heteroatoms. The van der Waals surface area contributed by atoms with Crippen LogP contribution >= 0.6 is 0 Å². The van der Waals surface area contributed by atoms with E-state index in [9.17, 15) is 0 Å². The summed E-state index contributed by atoms with van der Waals surface area (Å²) in [6.07, 6.45) is 4.22. The van der Waals surface area contributed by atoms with E-state index in [0.29, 0.717) is 0 Å². The first-order valence-corrected chi connectivity index (χ1v) is 7.53. The molecule has 0 spiro atoms. The molecule has 0 aromatic rings. The second-order valence-corrected chi connectivity index (χ2v) is 6.80. The summed E-state index contributed by atoms with van der Waals surface area (Å²) in [5, 5.41) is 3.67. The molecule has 2 fully saturated rings. The van der Waals surface area contributed by atoms with Gasteiger partial charge < -0.3 is 5.32 Å². The molecule has 17 heavy (non-hydrogen) atoms. The molecule has 1 heterocycles. The van der Waals surface area contributed by atoms with Gasteiger partial charge in [-0.05, 0) is 50.5 Å². The molecule has 2 rings (SSSR count). The minimum absolute atomic E-state index is 0.728. The molecular weight excluding hydrogens is 208 g/mol. The fourth-order valence-corrected chi connectivity index (χ4v) is 3.21. The third-order valence-corrected chi connectivity index (χ3v) is 4.60. The molecule has 4 unspecified atom stereocenters. The smallest absolute Gasteiger partial charge is 0.0105 e. The molecule has 2 nitrogen and oxygen atoms in total. The van der Waals surface area contributed by atoms with Crippen LogP contribution in [0.1, 0.15) is 47.0 Å². The Bertz CT molecular complexity index is 227. The summed E-state index contributed by atoms with van der Waals surface area (Å²) in [5.41, 5.74) is 0. The summed E-state index contributed by atoms with van der Waals surface area (Å²) < 4.78 is 0. The molecule has 2 aliphatic rings.